The van der Waals surface area contributed by atoms with E-state index in [2.05, 4.69) is 15.0 Å². The molecule has 0 unspecified atom stereocenters. The van der Waals surface area contributed by atoms with Gasteiger partial charge in [-0.3, -0.25) is 9.98 Å². The number of rotatable bonds is 2. The van der Waals surface area contributed by atoms with Gasteiger partial charge in [-0.05, 0) is 50.6 Å². The fourth-order valence-corrected chi connectivity index (χ4v) is 2.38. The summed E-state index contributed by atoms with van der Waals surface area (Å²) in [5.41, 5.74) is 0.474. The van der Waals surface area contributed by atoms with Crippen molar-refractivity contribution >= 4 is 17.3 Å². The predicted molar refractivity (Wildman–Crippen MR) is 101 cm³/mol. The average Bonchev–Trinajstić information content (AvgIpc) is 3.08. The summed E-state index contributed by atoms with van der Waals surface area (Å²) in [6.45, 7) is 4.57. The highest BCUT2D eigenvalue weighted by molar-refractivity contribution is 5.77. The Labute approximate surface area is 168 Å². The van der Waals surface area contributed by atoms with Crippen molar-refractivity contribution in [3.05, 3.63) is 59.6 Å². The predicted octanol–water partition coefficient (Wildman–Crippen LogP) is 6.76. The van der Waals surface area contributed by atoms with Crippen molar-refractivity contribution in [2.24, 2.45) is 4.99 Å². The zero-order chi connectivity index (χ0) is 22.5. The average molecular weight is 429 g/mol. The van der Waals surface area contributed by atoms with Gasteiger partial charge in [0.25, 0.3) is 0 Å². The molecule has 0 amide bonds. The second-order valence-electron chi connectivity index (χ2n) is 5.95. The molecule has 0 aliphatic heterocycles. The van der Waals surface area contributed by atoms with Gasteiger partial charge in [-0.1, -0.05) is 6.08 Å². The van der Waals surface area contributed by atoms with Crippen LogP contribution in [-0.4, -0.2) is 22.4 Å². The minimum absolute atomic E-state index is 0.186. The van der Waals surface area contributed by atoms with Crippen LogP contribution in [0.15, 0.2) is 57.8 Å². The number of nitrogens with zero attached hydrogens (tertiary/aromatic N) is 3. The van der Waals surface area contributed by atoms with Gasteiger partial charge in [0.15, 0.2) is 5.58 Å². The van der Waals surface area contributed by atoms with Crippen LogP contribution in [0, 0.1) is 6.92 Å². The van der Waals surface area contributed by atoms with E-state index in [9.17, 15) is 26.3 Å². The van der Waals surface area contributed by atoms with Gasteiger partial charge < -0.3 is 4.42 Å². The molecule has 4 nitrogen and oxygen atoms in total. The van der Waals surface area contributed by atoms with Gasteiger partial charge in [0.05, 0.1) is 5.56 Å². The minimum atomic E-state index is -4.39. The van der Waals surface area contributed by atoms with Crippen molar-refractivity contribution in [3.63, 3.8) is 0 Å². The van der Waals surface area contributed by atoms with Gasteiger partial charge >= 0.3 is 12.4 Å². The van der Waals surface area contributed by atoms with E-state index < -0.39 is 23.6 Å². The Balaban J connectivity index is 0.000000274. The van der Waals surface area contributed by atoms with E-state index in [0.717, 1.165) is 30.0 Å². The molecule has 0 radical (unpaired) electrons. The summed E-state index contributed by atoms with van der Waals surface area (Å²) in [5.74, 6) is 0.291. The van der Waals surface area contributed by atoms with Crippen LogP contribution < -0.4 is 0 Å². The molecule has 2 aromatic heterocycles. The standard InChI is InChI=1S/C14H9F3N2O.C6H8F3N/c1-8-7-18-5-4-10(8)13-19-11-6-9(14(15,16)17)2-3-12(11)20-13;1-3-5(10-4-2)6(7,8)9/h2-7H,1H3;3-4H,1-2H3/b;5-3-,10-4?. The van der Waals surface area contributed by atoms with E-state index in [1.165, 1.54) is 19.9 Å². The summed E-state index contributed by atoms with van der Waals surface area (Å²) in [4.78, 5) is 11.2. The molecular formula is C20H17F6N3O. The molecule has 0 saturated heterocycles. The maximum Gasteiger partial charge on any atom is 0.432 e. The summed E-state index contributed by atoms with van der Waals surface area (Å²) in [7, 11) is 0. The Morgan fingerprint density at radius 3 is 2.27 bits per heavy atom. The first-order chi connectivity index (χ1) is 14.0. The first kappa shape index (κ1) is 23.1. The van der Waals surface area contributed by atoms with Crippen LogP contribution >= 0.6 is 0 Å². The molecule has 0 N–H and O–H groups in total. The van der Waals surface area contributed by atoms with E-state index in [0.29, 0.717) is 17.0 Å². The van der Waals surface area contributed by atoms with E-state index in [1.807, 2.05) is 6.92 Å². The molecule has 10 heteroatoms. The smallest absolute Gasteiger partial charge is 0.432 e. The molecule has 30 heavy (non-hydrogen) atoms. The number of pyridine rings is 1. The van der Waals surface area contributed by atoms with Crippen LogP contribution in [0.2, 0.25) is 0 Å². The second-order valence-corrected chi connectivity index (χ2v) is 5.95. The number of aryl methyl sites for hydroxylation is 1. The number of hydrogen-bond donors (Lipinski definition) is 0. The number of halogens is 6. The third kappa shape index (κ3) is 5.68. The van der Waals surface area contributed by atoms with Gasteiger partial charge in [0.2, 0.25) is 5.89 Å². The highest BCUT2D eigenvalue weighted by Gasteiger charge is 2.32. The van der Waals surface area contributed by atoms with Crippen molar-refractivity contribution in [1.29, 1.82) is 0 Å². The van der Waals surface area contributed by atoms with Crippen LogP contribution in [0.4, 0.5) is 26.3 Å². The van der Waals surface area contributed by atoms with Gasteiger partial charge in [-0.25, -0.2) is 4.98 Å². The fraction of sp³-hybridized carbons (Fsp3) is 0.250. The van der Waals surface area contributed by atoms with Crippen LogP contribution in [0.1, 0.15) is 25.0 Å². The third-order valence-corrected chi connectivity index (χ3v) is 3.80. The molecule has 1 aromatic carbocycles. The van der Waals surface area contributed by atoms with Crippen molar-refractivity contribution in [3.8, 4) is 11.5 Å². The first-order valence-electron chi connectivity index (χ1n) is 8.58. The Hall–Kier alpha value is -3.17. The molecule has 0 aliphatic carbocycles. The van der Waals surface area contributed by atoms with E-state index in [4.69, 9.17) is 4.42 Å². The van der Waals surface area contributed by atoms with Crippen molar-refractivity contribution in [1.82, 2.24) is 9.97 Å². The number of oxazole rings is 1. The van der Waals surface area contributed by atoms with Crippen LogP contribution in [0.5, 0.6) is 0 Å². The number of alkyl halides is 6. The minimum Gasteiger partial charge on any atom is -0.436 e. The number of benzene rings is 1. The number of aliphatic imine (C=N–C) groups is 1. The van der Waals surface area contributed by atoms with Gasteiger partial charge in [0.1, 0.15) is 11.2 Å². The monoisotopic (exact) mass is 429 g/mol. The van der Waals surface area contributed by atoms with Crippen molar-refractivity contribution in [2.75, 3.05) is 0 Å². The molecule has 160 valence electrons. The third-order valence-electron chi connectivity index (χ3n) is 3.80. The van der Waals surface area contributed by atoms with Crippen LogP contribution in [0.3, 0.4) is 0 Å². The molecule has 2 heterocycles. The number of hydrogen-bond acceptors (Lipinski definition) is 4. The van der Waals surface area contributed by atoms with Crippen LogP contribution in [-0.2, 0) is 6.18 Å². The highest BCUT2D eigenvalue weighted by atomic mass is 19.4. The number of fused-ring (bicyclic) bond motifs is 1. The molecule has 0 atom stereocenters. The lowest BCUT2D eigenvalue weighted by Gasteiger charge is -2.04. The summed E-state index contributed by atoms with van der Waals surface area (Å²) in [6, 6.07) is 4.96. The SMILES string of the molecule is CC=N/C(=C\C)C(F)(F)F.Cc1cnccc1-c1nc2cc(C(F)(F)F)ccc2o1. The molecule has 0 aliphatic rings. The zero-order valence-corrected chi connectivity index (χ0v) is 16.1. The summed E-state index contributed by atoms with van der Waals surface area (Å²) < 4.78 is 78.6. The molecular weight excluding hydrogens is 412 g/mol. The quantitative estimate of drug-likeness (QED) is 0.334. The molecule has 3 aromatic rings. The van der Waals surface area contributed by atoms with Crippen molar-refractivity contribution < 1.29 is 30.8 Å². The molecule has 0 saturated carbocycles. The normalized spacial score (nSPS) is 12.9. The Morgan fingerprint density at radius 1 is 1.07 bits per heavy atom. The summed E-state index contributed by atoms with van der Waals surface area (Å²) in [5, 5.41) is 0. The molecule has 3 rings (SSSR count). The van der Waals surface area contributed by atoms with Gasteiger partial charge in [-0.2, -0.15) is 26.3 Å². The fourth-order valence-electron chi connectivity index (χ4n) is 2.38. The lowest BCUT2D eigenvalue weighted by molar-refractivity contribution is -0.137. The lowest BCUT2D eigenvalue weighted by atomic mass is 10.1. The Bertz CT molecular complexity index is 1060. The lowest BCUT2D eigenvalue weighted by Crippen LogP contribution is -2.09. The Kier molecular flexibility index (Phi) is 7.01. The summed E-state index contributed by atoms with van der Waals surface area (Å²) >= 11 is 0. The second kappa shape index (κ2) is 9.10. The van der Waals surface area contributed by atoms with E-state index in [-0.39, 0.29) is 5.52 Å². The summed E-state index contributed by atoms with van der Waals surface area (Å²) in [6.07, 6.45) is -3.44. The molecule has 0 fully saturated rings. The molecule has 0 spiro atoms. The van der Waals surface area contributed by atoms with Gasteiger partial charge in [0, 0.05) is 24.2 Å². The van der Waals surface area contributed by atoms with E-state index >= 15 is 0 Å². The first-order valence-corrected chi connectivity index (χ1v) is 8.58. The van der Waals surface area contributed by atoms with Crippen molar-refractivity contribution in [2.45, 2.75) is 33.1 Å². The highest BCUT2D eigenvalue weighted by Crippen LogP contribution is 2.33. The van der Waals surface area contributed by atoms with Gasteiger partial charge in [-0.15, -0.1) is 0 Å². The molecule has 0 bridgehead atoms. The maximum absolute atomic E-state index is 12.6. The number of allylic oxidation sites excluding steroid dienone is 2. The Morgan fingerprint density at radius 2 is 1.77 bits per heavy atom. The topological polar surface area (TPSA) is 51.3 Å². The maximum atomic E-state index is 12.6. The zero-order valence-electron chi connectivity index (χ0n) is 16.1. The van der Waals surface area contributed by atoms with Crippen LogP contribution in [0.25, 0.3) is 22.6 Å². The largest absolute Gasteiger partial charge is 0.436 e. The number of aromatic nitrogens is 2. The van der Waals surface area contributed by atoms with E-state index in [1.54, 1.807) is 18.5 Å².